The lowest BCUT2D eigenvalue weighted by molar-refractivity contribution is 0.0982. The zero-order chi connectivity index (χ0) is 27.1. The van der Waals surface area contributed by atoms with Crippen molar-refractivity contribution < 1.29 is 9.47 Å². The Balaban J connectivity index is 1.19. The van der Waals surface area contributed by atoms with Gasteiger partial charge in [-0.3, -0.25) is 14.6 Å². The van der Waals surface area contributed by atoms with Crippen molar-refractivity contribution in [3.05, 3.63) is 75.3 Å². The highest BCUT2D eigenvalue weighted by Gasteiger charge is 2.34. The lowest BCUT2D eigenvalue weighted by atomic mass is 9.95. The smallest absolute Gasteiger partial charge is 0.253 e. The minimum atomic E-state index is -0.321. The molecule has 7 rings (SSSR count). The Kier molecular flexibility index (Phi) is 6.73. The molecule has 2 aromatic heterocycles. The molecule has 4 aromatic rings. The van der Waals surface area contributed by atoms with Crippen LogP contribution in [0.4, 0.5) is 0 Å². The SMILES string of the molecule is Cc1cccc2cc([C@@H](c3nnnn3C3CCCCC3)N3CCN(Cc4ccc5c(c4)OCO5)CC3)c(=O)[nH]c12. The van der Waals surface area contributed by atoms with Gasteiger partial charge >= 0.3 is 0 Å². The van der Waals surface area contributed by atoms with Crippen LogP contribution in [0.3, 0.4) is 0 Å². The number of rotatable bonds is 6. The molecule has 1 saturated heterocycles. The summed E-state index contributed by atoms with van der Waals surface area (Å²) in [5.41, 5.74) is 3.77. The number of benzene rings is 2. The largest absolute Gasteiger partial charge is 0.454 e. The van der Waals surface area contributed by atoms with Crippen LogP contribution < -0.4 is 15.0 Å². The Morgan fingerprint density at radius 1 is 1.00 bits per heavy atom. The first-order valence-electron chi connectivity index (χ1n) is 14.4. The van der Waals surface area contributed by atoms with E-state index in [2.05, 4.69) is 48.5 Å². The van der Waals surface area contributed by atoms with E-state index in [1.165, 1.54) is 24.8 Å². The molecule has 10 heteroatoms. The Morgan fingerprint density at radius 3 is 2.67 bits per heavy atom. The van der Waals surface area contributed by atoms with Crippen LogP contribution in [0.25, 0.3) is 10.9 Å². The molecule has 2 aromatic carbocycles. The van der Waals surface area contributed by atoms with Crippen molar-refractivity contribution in [2.45, 2.75) is 57.7 Å². The maximum Gasteiger partial charge on any atom is 0.253 e. The number of nitrogens with zero attached hydrogens (tertiary/aromatic N) is 6. The maximum atomic E-state index is 13.7. The molecule has 0 spiro atoms. The molecular formula is C30H35N7O3. The van der Waals surface area contributed by atoms with E-state index in [1.807, 2.05) is 35.9 Å². The third kappa shape index (κ3) is 4.75. The Labute approximate surface area is 232 Å². The van der Waals surface area contributed by atoms with Crippen LogP contribution in [0, 0.1) is 6.92 Å². The molecule has 208 valence electrons. The van der Waals surface area contributed by atoms with Gasteiger partial charge in [0, 0.05) is 38.3 Å². The van der Waals surface area contributed by atoms with E-state index < -0.39 is 0 Å². The number of nitrogens with one attached hydrogen (secondary N) is 1. The number of hydrogen-bond donors (Lipinski definition) is 1. The van der Waals surface area contributed by atoms with Crippen molar-refractivity contribution in [2.75, 3.05) is 33.0 Å². The second-order valence-electron chi connectivity index (χ2n) is 11.3. The van der Waals surface area contributed by atoms with Crippen LogP contribution in [-0.2, 0) is 6.54 Å². The number of hydrogen-bond acceptors (Lipinski definition) is 8. The average Bonchev–Trinajstić information content (AvgIpc) is 3.65. The normalized spacial score (nSPS) is 19.3. The van der Waals surface area contributed by atoms with Gasteiger partial charge in [0.2, 0.25) is 6.79 Å². The molecule has 40 heavy (non-hydrogen) atoms. The number of tetrazole rings is 1. The molecule has 1 saturated carbocycles. The maximum absolute atomic E-state index is 13.7. The summed E-state index contributed by atoms with van der Waals surface area (Å²) >= 11 is 0. The predicted octanol–water partition coefficient (Wildman–Crippen LogP) is 3.96. The molecule has 3 aliphatic rings. The van der Waals surface area contributed by atoms with E-state index in [0.717, 1.165) is 79.4 Å². The van der Waals surface area contributed by atoms with Gasteiger partial charge in [-0.05, 0) is 64.9 Å². The van der Waals surface area contributed by atoms with Gasteiger partial charge in [0.1, 0.15) is 6.04 Å². The topological polar surface area (TPSA) is 101 Å². The second-order valence-corrected chi connectivity index (χ2v) is 11.3. The standard InChI is InChI=1S/C30H35N7O3/c1-20-6-5-7-22-17-24(30(38)31-27(20)22)28(29-32-33-34-37(29)23-8-3-2-4-9-23)36-14-12-35(13-15-36)18-21-10-11-25-26(16-21)40-19-39-25/h5-7,10-11,16-17,23,28H,2-4,8-9,12-15,18-19H2,1H3,(H,31,38)/t28-/m0/s1. The summed E-state index contributed by atoms with van der Waals surface area (Å²) in [6.07, 6.45) is 5.76. The van der Waals surface area contributed by atoms with E-state index in [0.29, 0.717) is 5.56 Å². The third-order valence-corrected chi connectivity index (χ3v) is 8.71. The molecule has 2 fully saturated rings. The van der Waals surface area contributed by atoms with Crippen molar-refractivity contribution in [2.24, 2.45) is 0 Å². The summed E-state index contributed by atoms with van der Waals surface area (Å²) in [7, 11) is 0. The van der Waals surface area contributed by atoms with E-state index in [9.17, 15) is 4.79 Å². The second kappa shape index (κ2) is 10.7. The van der Waals surface area contributed by atoms with Crippen LogP contribution >= 0.6 is 0 Å². The number of H-pyrrole nitrogens is 1. The zero-order valence-corrected chi connectivity index (χ0v) is 22.9. The van der Waals surface area contributed by atoms with Crippen molar-refractivity contribution in [3.8, 4) is 11.5 Å². The number of piperazine rings is 1. The first-order chi connectivity index (χ1) is 19.6. The summed E-state index contributed by atoms with van der Waals surface area (Å²) < 4.78 is 13.1. The highest BCUT2D eigenvalue weighted by atomic mass is 16.7. The van der Waals surface area contributed by atoms with E-state index >= 15 is 0 Å². The summed E-state index contributed by atoms with van der Waals surface area (Å²) in [5, 5.41) is 14.2. The van der Waals surface area contributed by atoms with Crippen LogP contribution in [0.1, 0.15) is 66.7 Å². The van der Waals surface area contributed by atoms with Crippen molar-refractivity contribution in [3.63, 3.8) is 0 Å². The van der Waals surface area contributed by atoms with Gasteiger partial charge in [0.15, 0.2) is 17.3 Å². The van der Waals surface area contributed by atoms with Gasteiger partial charge in [-0.2, -0.15) is 0 Å². The van der Waals surface area contributed by atoms with Gasteiger partial charge < -0.3 is 14.5 Å². The molecule has 10 nitrogen and oxygen atoms in total. The van der Waals surface area contributed by atoms with Crippen molar-refractivity contribution in [1.82, 2.24) is 35.0 Å². The monoisotopic (exact) mass is 541 g/mol. The van der Waals surface area contributed by atoms with Crippen molar-refractivity contribution >= 4 is 10.9 Å². The zero-order valence-electron chi connectivity index (χ0n) is 22.9. The fraction of sp³-hybridized carbons (Fsp3) is 0.467. The first kappa shape index (κ1) is 25.2. The Morgan fingerprint density at radius 2 is 1.82 bits per heavy atom. The number of fused-ring (bicyclic) bond motifs is 2. The van der Waals surface area contributed by atoms with E-state index in [-0.39, 0.29) is 24.4 Å². The number of ether oxygens (including phenoxy) is 2. The fourth-order valence-electron chi connectivity index (χ4n) is 6.55. The van der Waals surface area contributed by atoms with Crippen LogP contribution in [-0.4, -0.2) is 68.0 Å². The molecule has 0 amide bonds. The molecule has 2 aliphatic heterocycles. The van der Waals surface area contributed by atoms with Crippen LogP contribution in [0.15, 0.2) is 47.3 Å². The summed E-state index contributed by atoms with van der Waals surface area (Å²) in [5.74, 6) is 2.40. The fourth-order valence-corrected chi connectivity index (χ4v) is 6.55. The number of para-hydroxylation sites is 1. The summed E-state index contributed by atoms with van der Waals surface area (Å²) in [6.45, 7) is 6.51. The van der Waals surface area contributed by atoms with E-state index in [4.69, 9.17) is 9.47 Å². The molecule has 4 heterocycles. The van der Waals surface area contributed by atoms with Crippen molar-refractivity contribution in [1.29, 1.82) is 0 Å². The Hall–Kier alpha value is -3.76. The average molecular weight is 542 g/mol. The highest BCUT2D eigenvalue weighted by Crippen LogP contribution is 2.35. The number of aryl methyl sites for hydroxylation is 1. The molecule has 1 aliphatic carbocycles. The van der Waals surface area contributed by atoms with Gasteiger partial charge in [-0.15, -0.1) is 5.10 Å². The highest BCUT2D eigenvalue weighted by molar-refractivity contribution is 5.82. The summed E-state index contributed by atoms with van der Waals surface area (Å²) in [6, 6.07) is 14.3. The first-order valence-corrected chi connectivity index (χ1v) is 14.4. The van der Waals surface area contributed by atoms with Gasteiger partial charge in [-0.1, -0.05) is 43.5 Å². The molecular weight excluding hydrogens is 506 g/mol. The van der Waals surface area contributed by atoms with Gasteiger partial charge in [-0.25, -0.2) is 4.68 Å². The molecule has 1 atom stereocenters. The molecule has 0 bridgehead atoms. The lowest BCUT2D eigenvalue weighted by Crippen LogP contribution is -2.48. The quantitative estimate of drug-likeness (QED) is 0.392. The van der Waals surface area contributed by atoms with Crippen LogP contribution in [0.5, 0.6) is 11.5 Å². The number of aromatic nitrogens is 5. The van der Waals surface area contributed by atoms with Gasteiger partial charge in [0.25, 0.3) is 5.56 Å². The number of aromatic amines is 1. The van der Waals surface area contributed by atoms with Crippen LogP contribution in [0.2, 0.25) is 0 Å². The summed E-state index contributed by atoms with van der Waals surface area (Å²) in [4.78, 5) is 21.7. The third-order valence-electron chi connectivity index (χ3n) is 8.71. The van der Waals surface area contributed by atoms with E-state index in [1.54, 1.807) is 0 Å². The minimum Gasteiger partial charge on any atom is -0.454 e. The lowest BCUT2D eigenvalue weighted by Gasteiger charge is -2.39. The Bertz CT molecular complexity index is 1570. The van der Waals surface area contributed by atoms with Gasteiger partial charge in [0.05, 0.1) is 11.6 Å². The molecule has 0 radical (unpaired) electrons. The molecule has 0 unspecified atom stereocenters. The minimum absolute atomic E-state index is 0.0761. The molecule has 1 N–H and O–H groups in total. The number of pyridine rings is 1. The predicted molar refractivity (Wildman–Crippen MR) is 151 cm³/mol.